The topological polar surface area (TPSA) is 41.7 Å². The number of aryl methyl sites for hydroxylation is 1. The van der Waals surface area contributed by atoms with Gasteiger partial charge in [-0.2, -0.15) is 0 Å². The molecule has 4 rings (SSSR count). The normalized spacial score (nSPS) is 24.8. The van der Waals surface area contributed by atoms with Gasteiger partial charge in [0.1, 0.15) is 5.76 Å². The Labute approximate surface area is 168 Å². The van der Waals surface area contributed by atoms with Gasteiger partial charge in [0.2, 0.25) is 0 Å². The van der Waals surface area contributed by atoms with Crippen molar-refractivity contribution in [2.24, 2.45) is 5.92 Å². The number of likely N-dealkylation sites (tertiary alicyclic amines) is 2. The van der Waals surface area contributed by atoms with E-state index in [1.54, 1.807) is 0 Å². The standard InChI is InChI=1S/C23H33N3O2/c1-18-14-22(28-24-18)15-20-16-26(17-23(20)27-2)21-9-12-25(13-10-21)11-8-19-6-4-3-5-7-19/h3-7,14,20-21,23H,8-13,15-17H2,1-2H3/t20-,23+/m1/s1. The Bertz CT molecular complexity index is 724. The predicted molar refractivity (Wildman–Crippen MR) is 110 cm³/mol. The van der Waals surface area contributed by atoms with Gasteiger partial charge in [-0.3, -0.25) is 4.90 Å². The van der Waals surface area contributed by atoms with E-state index >= 15 is 0 Å². The highest BCUT2D eigenvalue weighted by Crippen LogP contribution is 2.28. The fourth-order valence-corrected chi connectivity index (χ4v) is 4.85. The summed E-state index contributed by atoms with van der Waals surface area (Å²) >= 11 is 0. The molecular formula is C23H33N3O2. The molecule has 2 atom stereocenters. The Balaban J connectivity index is 1.25. The average molecular weight is 384 g/mol. The highest BCUT2D eigenvalue weighted by atomic mass is 16.5. The maximum atomic E-state index is 5.82. The Morgan fingerprint density at radius 2 is 1.93 bits per heavy atom. The van der Waals surface area contributed by atoms with Crippen molar-refractivity contribution in [3.63, 3.8) is 0 Å². The molecule has 1 aromatic heterocycles. The molecule has 0 spiro atoms. The van der Waals surface area contributed by atoms with Gasteiger partial charge < -0.3 is 14.2 Å². The van der Waals surface area contributed by atoms with Gasteiger partial charge in [-0.25, -0.2) is 0 Å². The van der Waals surface area contributed by atoms with Gasteiger partial charge in [0.05, 0.1) is 11.8 Å². The minimum Gasteiger partial charge on any atom is -0.380 e. The first-order valence-corrected chi connectivity index (χ1v) is 10.7. The van der Waals surface area contributed by atoms with Crippen molar-refractivity contribution in [3.8, 4) is 0 Å². The second-order valence-corrected chi connectivity index (χ2v) is 8.44. The number of hydrogen-bond donors (Lipinski definition) is 0. The van der Waals surface area contributed by atoms with E-state index in [2.05, 4.69) is 51.4 Å². The first-order chi connectivity index (χ1) is 13.7. The van der Waals surface area contributed by atoms with Crippen LogP contribution >= 0.6 is 0 Å². The summed E-state index contributed by atoms with van der Waals surface area (Å²) in [5.74, 6) is 1.48. The molecule has 0 aliphatic carbocycles. The quantitative estimate of drug-likeness (QED) is 0.735. The summed E-state index contributed by atoms with van der Waals surface area (Å²) in [6.45, 7) is 7.71. The average Bonchev–Trinajstić information content (AvgIpc) is 3.33. The van der Waals surface area contributed by atoms with Crippen LogP contribution in [-0.4, -0.2) is 66.9 Å². The van der Waals surface area contributed by atoms with E-state index in [0.29, 0.717) is 18.1 Å². The first-order valence-electron chi connectivity index (χ1n) is 10.7. The highest BCUT2D eigenvalue weighted by molar-refractivity contribution is 5.15. The number of nitrogens with zero attached hydrogens (tertiary/aromatic N) is 3. The Morgan fingerprint density at radius 1 is 1.14 bits per heavy atom. The molecule has 0 saturated carbocycles. The molecule has 152 valence electrons. The van der Waals surface area contributed by atoms with Crippen LogP contribution in [0.15, 0.2) is 40.9 Å². The van der Waals surface area contributed by atoms with Crippen LogP contribution in [0.2, 0.25) is 0 Å². The fraction of sp³-hybridized carbons (Fsp3) is 0.609. The zero-order valence-electron chi connectivity index (χ0n) is 17.2. The van der Waals surface area contributed by atoms with E-state index in [1.165, 1.54) is 38.0 Å². The van der Waals surface area contributed by atoms with Crippen molar-refractivity contribution >= 4 is 0 Å². The SMILES string of the molecule is CO[C@H]1CN(C2CCN(CCc3ccccc3)CC2)C[C@H]1Cc1cc(C)no1. The smallest absolute Gasteiger partial charge is 0.137 e. The zero-order valence-corrected chi connectivity index (χ0v) is 17.2. The van der Waals surface area contributed by atoms with Crippen LogP contribution in [0.1, 0.15) is 29.9 Å². The molecule has 5 heteroatoms. The van der Waals surface area contributed by atoms with E-state index in [9.17, 15) is 0 Å². The van der Waals surface area contributed by atoms with Crippen LogP contribution in [0.3, 0.4) is 0 Å². The zero-order chi connectivity index (χ0) is 19.3. The minimum absolute atomic E-state index is 0.293. The van der Waals surface area contributed by atoms with Gasteiger partial charge in [-0.05, 0) is 44.8 Å². The summed E-state index contributed by atoms with van der Waals surface area (Å²) in [5.41, 5.74) is 2.40. The molecule has 1 aromatic carbocycles. The van der Waals surface area contributed by atoms with Crippen LogP contribution in [0.5, 0.6) is 0 Å². The maximum absolute atomic E-state index is 5.82. The molecule has 2 fully saturated rings. The summed E-state index contributed by atoms with van der Waals surface area (Å²) in [5, 5.41) is 4.03. The van der Waals surface area contributed by atoms with Crippen molar-refractivity contribution in [2.45, 2.75) is 44.8 Å². The van der Waals surface area contributed by atoms with Crippen LogP contribution in [0.4, 0.5) is 0 Å². The largest absolute Gasteiger partial charge is 0.380 e. The van der Waals surface area contributed by atoms with Crippen LogP contribution in [-0.2, 0) is 17.6 Å². The number of rotatable bonds is 7. The second-order valence-electron chi connectivity index (χ2n) is 8.44. The number of ether oxygens (including phenoxy) is 1. The summed E-state index contributed by atoms with van der Waals surface area (Å²) in [7, 11) is 1.85. The predicted octanol–water partition coefficient (Wildman–Crippen LogP) is 3.18. The molecule has 2 aliphatic heterocycles. The summed E-state index contributed by atoms with van der Waals surface area (Å²) in [6.07, 6.45) is 4.89. The van der Waals surface area contributed by atoms with Crippen LogP contribution < -0.4 is 0 Å². The maximum Gasteiger partial charge on any atom is 0.137 e. The van der Waals surface area contributed by atoms with Crippen molar-refractivity contribution in [1.82, 2.24) is 15.0 Å². The van der Waals surface area contributed by atoms with Crippen LogP contribution in [0, 0.1) is 12.8 Å². The molecule has 28 heavy (non-hydrogen) atoms. The van der Waals surface area contributed by atoms with E-state index in [4.69, 9.17) is 9.26 Å². The van der Waals surface area contributed by atoms with E-state index in [1.807, 2.05) is 14.0 Å². The lowest BCUT2D eigenvalue weighted by atomic mass is 10.00. The van der Waals surface area contributed by atoms with Gasteiger partial charge in [0.25, 0.3) is 0 Å². The number of hydrogen-bond acceptors (Lipinski definition) is 5. The molecule has 0 unspecified atom stereocenters. The van der Waals surface area contributed by atoms with Gasteiger partial charge in [-0.1, -0.05) is 35.5 Å². The third-order valence-electron chi connectivity index (χ3n) is 6.49. The molecule has 0 N–H and O–H groups in total. The molecule has 0 radical (unpaired) electrons. The van der Waals surface area contributed by atoms with Crippen LogP contribution in [0.25, 0.3) is 0 Å². The second kappa shape index (κ2) is 9.21. The van der Waals surface area contributed by atoms with Crippen molar-refractivity contribution in [3.05, 3.63) is 53.4 Å². The summed E-state index contributed by atoms with van der Waals surface area (Å²) in [6, 6.07) is 13.6. The molecule has 0 bridgehead atoms. The number of benzene rings is 1. The Kier molecular flexibility index (Phi) is 6.45. The highest BCUT2D eigenvalue weighted by Gasteiger charge is 2.37. The summed E-state index contributed by atoms with van der Waals surface area (Å²) < 4.78 is 11.3. The molecule has 2 aromatic rings. The number of methoxy groups -OCH3 is 1. The lowest BCUT2D eigenvalue weighted by Gasteiger charge is -2.36. The van der Waals surface area contributed by atoms with Gasteiger partial charge >= 0.3 is 0 Å². The van der Waals surface area contributed by atoms with E-state index < -0.39 is 0 Å². The first kappa shape index (κ1) is 19.6. The lowest BCUT2D eigenvalue weighted by molar-refractivity contribution is 0.0685. The summed E-state index contributed by atoms with van der Waals surface area (Å²) in [4.78, 5) is 5.29. The number of piperidine rings is 1. The Morgan fingerprint density at radius 3 is 2.61 bits per heavy atom. The Hall–Kier alpha value is -1.69. The molecule has 0 amide bonds. The minimum atomic E-state index is 0.293. The molecule has 5 nitrogen and oxygen atoms in total. The van der Waals surface area contributed by atoms with E-state index in [0.717, 1.165) is 37.4 Å². The molecular weight excluding hydrogens is 350 g/mol. The third-order valence-corrected chi connectivity index (χ3v) is 6.49. The molecule has 3 heterocycles. The van der Waals surface area contributed by atoms with Gasteiger partial charge in [0, 0.05) is 51.2 Å². The molecule has 2 saturated heterocycles. The van der Waals surface area contributed by atoms with Crippen molar-refractivity contribution in [2.75, 3.05) is 39.8 Å². The van der Waals surface area contributed by atoms with Gasteiger partial charge in [0.15, 0.2) is 0 Å². The van der Waals surface area contributed by atoms with Crippen molar-refractivity contribution in [1.29, 1.82) is 0 Å². The molecule has 2 aliphatic rings. The van der Waals surface area contributed by atoms with E-state index in [-0.39, 0.29) is 0 Å². The third kappa shape index (κ3) is 4.83. The van der Waals surface area contributed by atoms with Crippen molar-refractivity contribution < 1.29 is 9.26 Å². The monoisotopic (exact) mass is 383 g/mol. The van der Waals surface area contributed by atoms with Gasteiger partial charge in [-0.15, -0.1) is 0 Å². The fourth-order valence-electron chi connectivity index (χ4n) is 4.85. The lowest BCUT2D eigenvalue weighted by Crippen LogP contribution is -2.44. The number of aromatic nitrogens is 1.